The molecule has 0 fully saturated rings. The van der Waals surface area contributed by atoms with Gasteiger partial charge in [0.1, 0.15) is 0 Å². The average Bonchev–Trinajstić information content (AvgIpc) is 2.59. The largest absolute Gasteiger partial charge is 0.468 e. The van der Waals surface area contributed by atoms with E-state index in [0.29, 0.717) is 11.3 Å². The van der Waals surface area contributed by atoms with Crippen LogP contribution in [0.4, 0.5) is 18.9 Å². The summed E-state index contributed by atoms with van der Waals surface area (Å²) in [7, 11) is 1.51. The van der Waals surface area contributed by atoms with Crippen molar-refractivity contribution in [2.45, 2.75) is 6.18 Å². The molecule has 0 atom stereocenters. The van der Waals surface area contributed by atoms with Gasteiger partial charge in [0, 0.05) is 30.6 Å². The molecule has 2 amide bonds. The molecule has 2 aromatic rings. The van der Waals surface area contributed by atoms with Gasteiger partial charge in [0.25, 0.3) is 11.8 Å². The van der Waals surface area contributed by atoms with Crippen LogP contribution in [-0.2, 0) is 0 Å². The van der Waals surface area contributed by atoms with E-state index in [2.05, 4.69) is 20.4 Å². The normalized spacial score (nSPS) is 10.9. The smallest absolute Gasteiger partial charge is 0.422 e. The Morgan fingerprint density at radius 1 is 1.04 bits per heavy atom. The number of halogens is 3. The first-order chi connectivity index (χ1) is 11.8. The van der Waals surface area contributed by atoms with Gasteiger partial charge in [-0.3, -0.25) is 9.59 Å². The van der Waals surface area contributed by atoms with Gasteiger partial charge in [-0.2, -0.15) is 13.2 Å². The monoisotopic (exact) mass is 353 g/mol. The lowest BCUT2D eigenvalue weighted by atomic mass is 10.2. The Bertz CT molecular complexity index is 744. The predicted molar refractivity (Wildman–Crippen MR) is 83.6 cm³/mol. The van der Waals surface area contributed by atoms with Crippen LogP contribution in [0.5, 0.6) is 5.88 Å². The van der Waals surface area contributed by atoms with E-state index in [0.717, 1.165) is 6.20 Å². The van der Waals surface area contributed by atoms with Crippen molar-refractivity contribution in [3.8, 4) is 5.88 Å². The molecule has 0 aliphatic carbocycles. The predicted octanol–water partition coefficient (Wildman–Crippen LogP) is 2.63. The van der Waals surface area contributed by atoms with Crippen molar-refractivity contribution in [2.24, 2.45) is 0 Å². The van der Waals surface area contributed by atoms with Crippen molar-refractivity contribution in [1.82, 2.24) is 10.3 Å². The third kappa shape index (κ3) is 5.48. The molecule has 2 rings (SSSR count). The first kappa shape index (κ1) is 18.2. The van der Waals surface area contributed by atoms with E-state index in [1.807, 2.05) is 0 Å². The molecule has 0 aliphatic heterocycles. The van der Waals surface area contributed by atoms with Crippen molar-refractivity contribution >= 4 is 17.5 Å². The molecule has 132 valence electrons. The van der Waals surface area contributed by atoms with E-state index in [9.17, 15) is 22.8 Å². The number of hydrogen-bond acceptors (Lipinski definition) is 4. The summed E-state index contributed by atoms with van der Waals surface area (Å²) < 4.78 is 40.6. The van der Waals surface area contributed by atoms with Crippen LogP contribution in [-0.4, -0.2) is 36.6 Å². The highest BCUT2D eigenvalue weighted by molar-refractivity contribution is 6.04. The summed E-state index contributed by atoms with van der Waals surface area (Å²) in [5.74, 6) is -0.983. The molecule has 1 heterocycles. The number of alkyl halides is 3. The molecule has 9 heteroatoms. The highest BCUT2D eigenvalue weighted by Gasteiger charge is 2.28. The van der Waals surface area contributed by atoms with Gasteiger partial charge in [0.05, 0.1) is 5.56 Å². The minimum Gasteiger partial charge on any atom is -0.468 e. The highest BCUT2D eigenvalue weighted by atomic mass is 19.4. The van der Waals surface area contributed by atoms with Crippen molar-refractivity contribution in [3.05, 3.63) is 53.7 Å². The number of pyridine rings is 1. The number of carbonyl (C=O) groups is 2. The van der Waals surface area contributed by atoms with Gasteiger partial charge in [-0.25, -0.2) is 4.98 Å². The Labute approximate surface area is 141 Å². The molecule has 0 saturated carbocycles. The van der Waals surface area contributed by atoms with E-state index in [1.54, 1.807) is 24.3 Å². The molecule has 0 spiro atoms. The lowest BCUT2D eigenvalue weighted by Gasteiger charge is -2.09. The molecule has 6 nitrogen and oxygen atoms in total. The first-order valence-corrected chi connectivity index (χ1v) is 7.07. The molecule has 0 unspecified atom stereocenters. The first-order valence-electron chi connectivity index (χ1n) is 7.07. The maximum Gasteiger partial charge on any atom is 0.422 e. The molecular weight excluding hydrogens is 339 g/mol. The summed E-state index contributed by atoms with van der Waals surface area (Å²) in [5.41, 5.74) is 1.04. The molecule has 1 aromatic carbocycles. The molecule has 2 N–H and O–H groups in total. The number of nitrogens with one attached hydrogen (secondary N) is 2. The molecule has 0 aliphatic rings. The Hall–Kier alpha value is -3.10. The fourth-order valence-corrected chi connectivity index (χ4v) is 1.81. The van der Waals surface area contributed by atoms with Gasteiger partial charge in [0.15, 0.2) is 6.61 Å². The number of amides is 2. The summed E-state index contributed by atoms with van der Waals surface area (Å²) in [6, 6.07) is 8.66. The van der Waals surface area contributed by atoms with Gasteiger partial charge in [-0.05, 0) is 30.3 Å². The van der Waals surface area contributed by atoms with Crippen LogP contribution in [0.1, 0.15) is 20.7 Å². The van der Waals surface area contributed by atoms with Crippen LogP contribution in [0.15, 0.2) is 42.6 Å². The fourth-order valence-electron chi connectivity index (χ4n) is 1.81. The topological polar surface area (TPSA) is 80.3 Å². The van der Waals surface area contributed by atoms with E-state index in [1.165, 1.54) is 19.2 Å². The van der Waals surface area contributed by atoms with E-state index >= 15 is 0 Å². The fraction of sp³-hybridized carbons (Fsp3) is 0.188. The highest BCUT2D eigenvalue weighted by Crippen LogP contribution is 2.17. The van der Waals surface area contributed by atoms with Crippen LogP contribution in [0, 0.1) is 0 Å². The number of rotatable bonds is 5. The molecular formula is C16H14F3N3O3. The van der Waals surface area contributed by atoms with Crippen LogP contribution in [0.3, 0.4) is 0 Å². The van der Waals surface area contributed by atoms with Crippen LogP contribution >= 0.6 is 0 Å². The maximum absolute atomic E-state index is 12.1. The van der Waals surface area contributed by atoms with Crippen molar-refractivity contribution in [2.75, 3.05) is 19.0 Å². The van der Waals surface area contributed by atoms with Crippen LogP contribution in [0.2, 0.25) is 0 Å². The summed E-state index contributed by atoms with van der Waals surface area (Å²) in [6.45, 7) is -1.46. The second-order valence-electron chi connectivity index (χ2n) is 4.90. The molecule has 1 aromatic heterocycles. The lowest BCUT2D eigenvalue weighted by Crippen LogP contribution is -2.20. The zero-order valence-corrected chi connectivity index (χ0v) is 13.1. The van der Waals surface area contributed by atoms with Gasteiger partial charge >= 0.3 is 6.18 Å². The summed E-state index contributed by atoms with van der Waals surface area (Å²) in [6.07, 6.45) is -3.35. The minimum absolute atomic E-state index is 0.148. The van der Waals surface area contributed by atoms with Gasteiger partial charge in [-0.1, -0.05) is 0 Å². The number of aromatic nitrogens is 1. The van der Waals surface area contributed by atoms with Gasteiger partial charge in [0.2, 0.25) is 5.88 Å². The zero-order chi connectivity index (χ0) is 18.4. The lowest BCUT2D eigenvalue weighted by molar-refractivity contribution is -0.154. The number of hydrogen-bond donors (Lipinski definition) is 2. The molecule has 0 saturated heterocycles. The zero-order valence-electron chi connectivity index (χ0n) is 13.1. The molecule has 25 heavy (non-hydrogen) atoms. The number of benzene rings is 1. The standard InChI is InChI=1S/C16H14F3N3O3/c1-20-14(23)10-2-5-12(6-3-10)22-15(24)11-4-7-13(21-8-11)25-9-16(17,18)19/h2-8H,9H2,1H3,(H,20,23)(H,22,24). The van der Waals surface area contributed by atoms with Gasteiger partial charge in [-0.15, -0.1) is 0 Å². The second-order valence-corrected chi connectivity index (χ2v) is 4.90. The number of carbonyl (C=O) groups excluding carboxylic acids is 2. The maximum atomic E-state index is 12.1. The van der Waals surface area contributed by atoms with Crippen molar-refractivity contribution < 1.29 is 27.5 Å². The third-order valence-electron chi connectivity index (χ3n) is 3.01. The van der Waals surface area contributed by atoms with Crippen molar-refractivity contribution in [1.29, 1.82) is 0 Å². The van der Waals surface area contributed by atoms with E-state index < -0.39 is 18.7 Å². The number of anilines is 1. The quantitative estimate of drug-likeness (QED) is 0.866. The summed E-state index contributed by atoms with van der Waals surface area (Å²) in [4.78, 5) is 27.1. The van der Waals surface area contributed by atoms with Crippen LogP contribution < -0.4 is 15.4 Å². The number of ether oxygens (including phenoxy) is 1. The second kappa shape index (κ2) is 7.65. The van der Waals surface area contributed by atoms with Crippen LogP contribution in [0.25, 0.3) is 0 Å². The average molecular weight is 353 g/mol. The van der Waals surface area contributed by atoms with Crippen molar-refractivity contribution in [3.63, 3.8) is 0 Å². The van der Waals surface area contributed by atoms with E-state index in [4.69, 9.17) is 0 Å². The Morgan fingerprint density at radius 2 is 1.68 bits per heavy atom. The Morgan fingerprint density at radius 3 is 2.20 bits per heavy atom. The summed E-state index contributed by atoms with van der Waals surface area (Å²) in [5, 5.41) is 5.06. The number of nitrogens with zero attached hydrogens (tertiary/aromatic N) is 1. The third-order valence-corrected chi connectivity index (χ3v) is 3.01. The van der Waals surface area contributed by atoms with E-state index in [-0.39, 0.29) is 17.4 Å². The summed E-state index contributed by atoms with van der Waals surface area (Å²) >= 11 is 0. The Balaban J connectivity index is 1.97. The van der Waals surface area contributed by atoms with Gasteiger partial charge < -0.3 is 15.4 Å². The molecule has 0 bridgehead atoms. The SMILES string of the molecule is CNC(=O)c1ccc(NC(=O)c2ccc(OCC(F)(F)F)nc2)cc1. The Kier molecular flexibility index (Phi) is 5.58. The molecule has 0 radical (unpaired) electrons. The minimum atomic E-state index is -4.46.